The summed E-state index contributed by atoms with van der Waals surface area (Å²) < 4.78 is 5.79. The van der Waals surface area contributed by atoms with Crippen molar-refractivity contribution >= 4 is 40.7 Å². The van der Waals surface area contributed by atoms with Gasteiger partial charge in [-0.15, -0.1) is 11.3 Å². The number of nitrogens with zero attached hydrogens (tertiary/aromatic N) is 2. The third-order valence-corrected chi connectivity index (χ3v) is 5.46. The highest BCUT2D eigenvalue weighted by Gasteiger charge is 2.20. The van der Waals surface area contributed by atoms with Crippen LogP contribution >= 0.6 is 11.3 Å². The average Bonchev–Trinajstić information content (AvgIpc) is 3.39. The second-order valence-electron chi connectivity index (χ2n) is 6.97. The van der Waals surface area contributed by atoms with E-state index in [9.17, 15) is 9.59 Å². The van der Waals surface area contributed by atoms with Crippen molar-refractivity contribution in [1.29, 1.82) is 0 Å². The van der Waals surface area contributed by atoms with Gasteiger partial charge in [0.25, 0.3) is 0 Å². The van der Waals surface area contributed by atoms with E-state index < -0.39 is 0 Å². The number of nitrogens with one attached hydrogen (secondary N) is 2. The van der Waals surface area contributed by atoms with Gasteiger partial charge in [0.15, 0.2) is 0 Å². The van der Waals surface area contributed by atoms with Gasteiger partial charge in [-0.1, -0.05) is 12.1 Å². The number of amides is 3. The van der Waals surface area contributed by atoms with E-state index in [0.717, 1.165) is 27.7 Å². The zero-order chi connectivity index (χ0) is 21.6. The fraction of sp³-hybridized carbons (Fsp3) is 0.174. The summed E-state index contributed by atoms with van der Waals surface area (Å²) in [5.74, 6) is 0.477. The Morgan fingerprint density at radius 2 is 2.13 bits per heavy atom. The molecule has 2 N–H and O–H groups in total. The summed E-state index contributed by atoms with van der Waals surface area (Å²) in [5.41, 5.74) is 3.22. The first-order valence-corrected chi connectivity index (χ1v) is 10.7. The van der Waals surface area contributed by atoms with Crippen LogP contribution in [0.5, 0.6) is 5.75 Å². The normalized spacial score (nSPS) is 13.5. The fourth-order valence-electron chi connectivity index (χ4n) is 3.14. The van der Waals surface area contributed by atoms with E-state index >= 15 is 0 Å². The predicted molar refractivity (Wildman–Crippen MR) is 122 cm³/mol. The highest BCUT2D eigenvalue weighted by atomic mass is 32.1. The summed E-state index contributed by atoms with van der Waals surface area (Å²) in [7, 11) is 0. The van der Waals surface area contributed by atoms with Gasteiger partial charge >= 0.3 is 6.03 Å². The van der Waals surface area contributed by atoms with Crippen molar-refractivity contribution in [2.75, 3.05) is 23.3 Å². The fourth-order valence-corrected chi connectivity index (χ4v) is 3.74. The van der Waals surface area contributed by atoms with Gasteiger partial charge in [-0.2, -0.15) is 0 Å². The second-order valence-corrected chi connectivity index (χ2v) is 8.03. The summed E-state index contributed by atoms with van der Waals surface area (Å²) in [5, 5.41) is 8.58. The maximum Gasteiger partial charge on any atom is 0.321 e. The number of ether oxygens (including phenoxy) is 1. The van der Waals surface area contributed by atoms with Gasteiger partial charge in [0.2, 0.25) is 5.91 Å². The molecule has 31 heavy (non-hydrogen) atoms. The Balaban J connectivity index is 1.32. The van der Waals surface area contributed by atoms with Crippen molar-refractivity contribution in [3.8, 4) is 5.75 Å². The summed E-state index contributed by atoms with van der Waals surface area (Å²) in [4.78, 5) is 30.0. The van der Waals surface area contributed by atoms with E-state index in [1.54, 1.807) is 34.4 Å². The van der Waals surface area contributed by atoms with Gasteiger partial charge in [-0.25, -0.2) is 9.78 Å². The number of carbonyl (C=O) groups is 2. The lowest BCUT2D eigenvalue weighted by atomic mass is 10.2. The Kier molecular flexibility index (Phi) is 6.28. The number of thiazole rings is 1. The van der Waals surface area contributed by atoms with Crippen molar-refractivity contribution in [2.24, 2.45) is 0 Å². The van der Waals surface area contributed by atoms with Crippen molar-refractivity contribution in [1.82, 2.24) is 10.3 Å². The number of anilines is 2. The Bertz CT molecular complexity index is 1110. The molecule has 3 aromatic rings. The number of urea groups is 1. The highest BCUT2D eigenvalue weighted by Crippen LogP contribution is 2.20. The lowest BCUT2D eigenvalue weighted by molar-refractivity contribution is -0.111. The molecule has 3 amide bonds. The summed E-state index contributed by atoms with van der Waals surface area (Å²) in [6.07, 6.45) is 3.21. The van der Waals surface area contributed by atoms with E-state index in [1.807, 2.05) is 48.7 Å². The van der Waals surface area contributed by atoms with Crippen LogP contribution in [0.4, 0.5) is 16.2 Å². The van der Waals surface area contributed by atoms with Gasteiger partial charge in [0.05, 0.1) is 10.7 Å². The first-order chi connectivity index (χ1) is 15.1. The third kappa shape index (κ3) is 5.49. The van der Waals surface area contributed by atoms with Crippen LogP contribution in [0.1, 0.15) is 16.3 Å². The second kappa shape index (κ2) is 9.44. The van der Waals surface area contributed by atoms with Crippen molar-refractivity contribution in [3.05, 3.63) is 76.3 Å². The molecule has 0 saturated carbocycles. The number of hydrogen-bond acceptors (Lipinski definition) is 5. The minimum absolute atomic E-state index is 0.104. The Hall–Kier alpha value is -3.65. The predicted octanol–water partition coefficient (Wildman–Crippen LogP) is 4.21. The van der Waals surface area contributed by atoms with Gasteiger partial charge in [0, 0.05) is 35.9 Å². The van der Waals surface area contributed by atoms with E-state index in [1.165, 1.54) is 6.08 Å². The molecule has 1 saturated heterocycles. The molecular formula is C23H22N4O3S. The average molecular weight is 435 g/mol. The smallest absolute Gasteiger partial charge is 0.321 e. The minimum atomic E-state index is -0.240. The third-order valence-electron chi connectivity index (χ3n) is 4.64. The van der Waals surface area contributed by atoms with Crippen LogP contribution in [-0.2, 0) is 11.4 Å². The molecule has 8 heteroatoms. The van der Waals surface area contributed by atoms with Gasteiger partial charge in [-0.3, -0.25) is 9.69 Å². The minimum Gasteiger partial charge on any atom is -0.487 e. The molecule has 0 atom stereocenters. The summed E-state index contributed by atoms with van der Waals surface area (Å²) in [6.45, 7) is 3.65. The van der Waals surface area contributed by atoms with E-state index in [4.69, 9.17) is 4.74 Å². The molecule has 2 heterocycles. The van der Waals surface area contributed by atoms with E-state index in [0.29, 0.717) is 25.4 Å². The molecule has 1 aliphatic heterocycles. The molecule has 0 bridgehead atoms. The molecular weight excluding hydrogens is 412 g/mol. The molecule has 0 aliphatic carbocycles. The largest absolute Gasteiger partial charge is 0.487 e. The summed E-state index contributed by atoms with van der Waals surface area (Å²) >= 11 is 1.59. The Labute approximate surface area is 184 Å². The van der Waals surface area contributed by atoms with Crippen LogP contribution < -0.4 is 20.3 Å². The molecule has 1 fully saturated rings. The number of carbonyl (C=O) groups excluding carboxylic acids is 2. The van der Waals surface area contributed by atoms with Crippen LogP contribution in [-0.4, -0.2) is 30.0 Å². The van der Waals surface area contributed by atoms with Crippen LogP contribution in [0, 0.1) is 6.92 Å². The molecule has 158 valence electrons. The van der Waals surface area contributed by atoms with Gasteiger partial charge in [0.1, 0.15) is 12.4 Å². The number of hydrogen-bond donors (Lipinski definition) is 2. The standard InChI is InChI=1S/C23H22N4O3S/c1-16-25-19(15-31-16)14-30-21-4-2-3-17(13-21)5-10-22(28)26-18-6-8-20(9-7-18)27-12-11-24-23(27)29/h2-10,13,15H,11-12,14H2,1H3,(H,24,29)(H,26,28)/b10-5+. The molecule has 1 aliphatic rings. The van der Waals surface area contributed by atoms with Crippen molar-refractivity contribution < 1.29 is 14.3 Å². The SMILES string of the molecule is Cc1nc(COc2cccc(/C=C/C(=O)Nc3ccc(N4CCNC4=O)cc3)c2)cs1. The van der Waals surface area contributed by atoms with Crippen LogP contribution in [0.3, 0.4) is 0 Å². The zero-order valence-corrected chi connectivity index (χ0v) is 17.8. The molecule has 4 rings (SSSR count). The number of rotatable bonds is 7. The number of aryl methyl sites for hydroxylation is 1. The van der Waals surface area contributed by atoms with E-state index in [-0.39, 0.29) is 11.9 Å². The van der Waals surface area contributed by atoms with Gasteiger partial charge < -0.3 is 15.4 Å². The lowest BCUT2D eigenvalue weighted by Crippen LogP contribution is -2.27. The quantitative estimate of drug-likeness (QED) is 0.546. The molecule has 0 spiro atoms. The molecule has 7 nitrogen and oxygen atoms in total. The molecule has 0 unspecified atom stereocenters. The summed E-state index contributed by atoms with van der Waals surface area (Å²) in [6, 6.07) is 14.6. The maximum atomic E-state index is 12.3. The molecule has 1 aromatic heterocycles. The lowest BCUT2D eigenvalue weighted by Gasteiger charge is -2.14. The number of benzene rings is 2. The van der Waals surface area contributed by atoms with Gasteiger partial charge in [-0.05, 0) is 55.0 Å². The molecule has 2 aromatic carbocycles. The monoisotopic (exact) mass is 434 g/mol. The first-order valence-electron chi connectivity index (χ1n) is 9.85. The first kappa shape index (κ1) is 20.6. The number of aromatic nitrogens is 1. The van der Waals surface area contributed by atoms with Crippen LogP contribution in [0.15, 0.2) is 60.0 Å². The van der Waals surface area contributed by atoms with Crippen LogP contribution in [0.25, 0.3) is 6.08 Å². The van der Waals surface area contributed by atoms with E-state index in [2.05, 4.69) is 15.6 Å². The topological polar surface area (TPSA) is 83.6 Å². The highest BCUT2D eigenvalue weighted by molar-refractivity contribution is 7.09. The van der Waals surface area contributed by atoms with Crippen LogP contribution in [0.2, 0.25) is 0 Å². The van der Waals surface area contributed by atoms with Crippen molar-refractivity contribution in [3.63, 3.8) is 0 Å². The Morgan fingerprint density at radius 1 is 1.29 bits per heavy atom. The maximum absolute atomic E-state index is 12.3. The molecule has 0 radical (unpaired) electrons. The Morgan fingerprint density at radius 3 is 2.84 bits per heavy atom. The van der Waals surface area contributed by atoms with Crippen molar-refractivity contribution in [2.45, 2.75) is 13.5 Å². The zero-order valence-electron chi connectivity index (χ0n) is 17.0.